The van der Waals surface area contributed by atoms with Gasteiger partial charge in [0.2, 0.25) is 11.8 Å². The highest BCUT2D eigenvalue weighted by Crippen LogP contribution is 2.17. The van der Waals surface area contributed by atoms with Crippen LogP contribution >= 0.6 is 0 Å². The first kappa shape index (κ1) is 15.3. The average Bonchev–Trinajstić information content (AvgIpc) is 3.02. The largest absolute Gasteiger partial charge is 0.472 e. The van der Waals surface area contributed by atoms with Crippen molar-refractivity contribution in [1.82, 2.24) is 9.88 Å². The number of carbonyl (C=O) groups is 1. The molecule has 0 N–H and O–H groups in total. The van der Waals surface area contributed by atoms with E-state index in [0.29, 0.717) is 19.0 Å². The number of hydrogen-bond acceptors (Lipinski definition) is 3. The first-order valence-electron chi connectivity index (χ1n) is 7.83. The van der Waals surface area contributed by atoms with Crippen molar-refractivity contribution < 1.29 is 9.53 Å². The third-order valence-electron chi connectivity index (χ3n) is 3.82. The quantitative estimate of drug-likeness (QED) is 0.815. The molecule has 1 aliphatic rings. The van der Waals surface area contributed by atoms with Crippen molar-refractivity contribution in [1.29, 1.82) is 0 Å². The second-order valence-corrected chi connectivity index (χ2v) is 5.67. The van der Waals surface area contributed by atoms with Gasteiger partial charge in [-0.25, -0.2) is 4.98 Å². The lowest BCUT2D eigenvalue weighted by Gasteiger charge is -2.15. The Labute approximate surface area is 136 Å². The molecule has 2 aromatic rings. The molecule has 118 valence electrons. The van der Waals surface area contributed by atoms with Gasteiger partial charge in [-0.15, -0.1) is 0 Å². The van der Waals surface area contributed by atoms with Crippen LogP contribution in [0.4, 0.5) is 0 Å². The van der Waals surface area contributed by atoms with E-state index < -0.39 is 0 Å². The molecule has 1 amide bonds. The van der Waals surface area contributed by atoms with E-state index in [9.17, 15) is 4.79 Å². The van der Waals surface area contributed by atoms with Crippen LogP contribution in [0.2, 0.25) is 0 Å². The molecule has 1 aliphatic heterocycles. The summed E-state index contributed by atoms with van der Waals surface area (Å²) in [5.41, 5.74) is 1.95. The van der Waals surface area contributed by atoms with Gasteiger partial charge in [-0.1, -0.05) is 36.4 Å². The maximum absolute atomic E-state index is 12.2. The van der Waals surface area contributed by atoms with Crippen molar-refractivity contribution in [3.8, 4) is 5.88 Å². The fourth-order valence-corrected chi connectivity index (χ4v) is 2.62. The number of aryl methyl sites for hydroxylation is 1. The van der Waals surface area contributed by atoms with Crippen LogP contribution in [0.25, 0.3) is 6.08 Å². The number of carbonyl (C=O) groups excluding carboxylic acids is 1. The van der Waals surface area contributed by atoms with Gasteiger partial charge in [0.05, 0.1) is 6.54 Å². The minimum atomic E-state index is 0.0124. The molecule has 1 unspecified atom stereocenters. The molecule has 1 aromatic heterocycles. The molecule has 0 radical (unpaired) electrons. The standard InChI is InChI=1S/C19H20N2O2/c1-15-6-5-9-18(20-15)23-17-12-13-21(14-17)19(22)11-10-16-7-3-2-4-8-16/h2-11,17H,12-14H2,1H3. The number of ether oxygens (including phenoxy) is 1. The number of hydrogen-bond donors (Lipinski definition) is 0. The lowest BCUT2D eigenvalue weighted by atomic mass is 10.2. The summed E-state index contributed by atoms with van der Waals surface area (Å²) in [4.78, 5) is 18.4. The van der Waals surface area contributed by atoms with E-state index in [0.717, 1.165) is 17.7 Å². The number of pyridine rings is 1. The highest BCUT2D eigenvalue weighted by Gasteiger charge is 2.26. The summed E-state index contributed by atoms with van der Waals surface area (Å²) in [6.45, 7) is 3.26. The number of likely N-dealkylation sites (tertiary alicyclic amines) is 1. The van der Waals surface area contributed by atoms with Crippen molar-refractivity contribution in [2.24, 2.45) is 0 Å². The maximum Gasteiger partial charge on any atom is 0.246 e. The van der Waals surface area contributed by atoms with Crippen molar-refractivity contribution in [3.63, 3.8) is 0 Å². The molecule has 0 bridgehead atoms. The lowest BCUT2D eigenvalue weighted by Crippen LogP contribution is -2.29. The number of nitrogens with zero attached hydrogens (tertiary/aromatic N) is 2. The van der Waals surface area contributed by atoms with Crippen LogP contribution in [0.3, 0.4) is 0 Å². The molecule has 0 spiro atoms. The third-order valence-corrected chi connectivity index (χ3v) is 3.82. The molecule has 1 atom stereocenters. The van der Waals surface area contributed by atoms with Crippen LogP contribution in [0.15, 0.2) is 54.6 Å². The van der Waals surface area contributed by atoms with Crippen LogP contribution in [0.5, 0.6) is 5.88 Å². The smallest absolute Gasteiger partial charge is 0.246 e. The summed E-state index contributed by atoms with van der Waals surface area (Å²) in [7, 11) is 0. The van der Waals surface area contributed by atoms with E-state index in [1.807, 2.05) is 66.4 Å². The minimum absolute atomic E-state index is 0.0124. The zero-order valence-electron chi connectivity index (χ0n) is 13.2. The highest BCUT2D eigenvalue weighted by molar-refractivity contribution is 5.92. The average molecular weight is 308 g/mol. The first-order chi connectivity index (χ1) is 11.2. The van der Waals surface area contributed by atoms with E-state index in [1.165, 1.54) is 0 Å². The van der Waals surface area contributed by atoms with Crippen LogP contribution in [-0.4, -0.2) is 35.0 Å². The molecule has 4 nitrogen and oxygen atoms in total. The summed E-state index contributed by atoms with van der Waals surface area (Å²) in [6.07, 6.45) is 4.32. The van der Waals surface area contributed by atoms with Gasteiger partial charge in [0.25, 0.3) is 0 Å². The molecule has 1 saturated heterocycles. The lowest BCUT2D eigenvalue weighted by molar-refractivity contribution is -0.125. The summed E-state index contributed by atoms with van der Waals surface area (Å²) in [6, 6.07) is 15.5. The van der Waals surface area contributed by atoms with Crippen molar-refractivity contribution in [2.75, 3.05) is 13.1 Å². The van der Waals surface area contributed by atoms with E-state index in [4.69, 9.17) is 4.74 Å². The molecule has 4 heteroatoms. The van der Waals surface area contributed by atoms with Gasteiger partial charge in [0.15, 0.2) is 0 Å². The number of aromatic nitrogens is 1. The summed E-state index contributed by atoms with van der Waals surface area (Å²) in [5, 5.41) is 0. The van der Waals surface area contributed by atoms with E-state index in [1.54, 1.807) is 6.08 Å². The summed E-state index contributed by atoms with van der Waals surface area (Å²) < 4.78 is 5.87. The predicted molar refractivity (Wildman–Crippen MR) is 90.1 cm³/mol. The minimum Gasteiger partial charge on any atom is -0.472 e. The normalized spacial score (nSPS) is 17.6. The van der Waals surface area contributed by atoms with Crippen LogP contribution < -0.4 is 4.74 Å². The zero-order chi connectivity index (χ0) is 16.1. The molecule has 0 aliphatic carbocycles. The van der Waals surface area contributed by atoms with Gasteiger partial charge in [-0.3, -0.25) is 4.79 Å². The van der Waals surface area contributed by atoms with Crippen LogP contribution in [0, 0.1) is 6.92 Å². The van der Waals surface area contributed by atoms with Gasteiger partial charge < -0.3 is 9.64 Å². The molecular formula is C19H20N2O2. The summed E-state index contributed by atoms with van der Waals surface area (Å²) >= 11 is 0. The Morgan fingerprint density at radius 2 is 2.04 bits per heavy atom. The zero-order valence-corrected chi connectivity index (χ0v) is 13.2. The fraction of sp³-hybridized carbons (Fsp3) is 0.263. The van der Waals surface area contributed by atoms with E-state index >= 15 is 0 Å². The van der Waals surface area contributed by atoms with Gasteiger partial charge >= 0.3 is 0 Å². The Morgan fingerprint density at radius 1 is 1.22 bits per heavy atom. The number of amides is 1. The van der Waals surface area contributed by atoms with Gasteiger partial charge in [-0.2, -0.15) is 0 Å². The molecule has 0 saturated carbocycles. The van der Waals surface area contributed by atoms with Gasteiger partial charge in [-0.05, 0) is 24.6 Å². The molecule has 23 heavy (non-hydrogen) atoms. The van der Waals surface area contributed by atoms with E-state index in [2.05, 4.69) is 4.98 Å². The van der Waals surface area contributed by atoms with E-state index in [-0.39, 0.29) is 12.0 Å². The Balaban J connectivity index is 1.55. The fourth-order valence-electron chi connectivity index (χ4n) is 2.62. The van der Waals surface area contributed by atoms with Gasteiger partial charge in [0.1, 0.15) is 6.10 Å². The Morgan fingerprint density at radius 3 is 2.83 bits per heavy atom. The van der Waals surface area contributed by atoms with Gasteiger partial charge in [0, 0.05) is 30.8 Å². The second-order valence-electron chi connectivity index (χ2n) is 5.67. The van der Waals surface area contributed by atoms with Crippen LogP contribution in [0.1, 0.15) is 17.7 Å². The molecule has 1 fully saturated rings. The Hall–Kier alpha value is -2.62. The number of benzene rings is 1. The third kappa shape index (κ3) is 4.19. The molecular weight excluding hydrogens is 288 g/mol. The predicted octanol–water partition coefficient (Wildman–Crippen LogP) is 3.08. The van der Waals surface area contributed by atoms with Crippen molar-refractivity contribution in [2.45, 2.75) is 19.4 Å². The highest BCUT2D eigenvalue weighted by atomic mass is 16.5. The SMILES string of the molecule is Cc1cccc(OC2CCN(C(=O)C=Cc3ccccc3)C2)n1. The summed E-state index contributed by atoms with van der Waals surface area (Å²) in [5.74, 6) is 0.654. The molecule has 3 rings (SSSR count). The maximum atomic E-state index is 12.2. The Kier molecular flexibility index (Phi) is 4.71. The Bertz CT molecular complexity index is 698. The number of rotatable bonds is 4. The van der Waals surface area contributed by atoms with Crippen LogP contribution in [-0.2, 0) is 4.79 Å². The topological polar surface area (TPSA) is 42.4 Å². The first-order valence-corrected chi connectivity index (χ1v) is 7.83. The molecule has 1 aromatic carbocycles. The monoisotopic (exact) mass is 308 g/mol. The second kappa shape index (κ2) is 7.09. The van der Waals surface area contributed by atoms with Crippen molar-refractivity contribution >= 4 is 12.0 Å². The molecule has 2 heterocycles. The van der Waals surface area contributed by atoms with Crippen molar-refractivity contribution in [3.05, 3.63) is 65.9 Å².